The lowest BCUT2D eigenvalue weighted by molar-refractivity contribution is 0.427. The van der Waals surface area contributed by atoms with Crippen LogP contribution in [0.15, 0.2) is 6.20 Å². The van der Waals surface area contributed by atoms with Crippen LogP contribution in [-0.4, -0.2) is 9.78 Å². The van der Waals surface area contributed by atoms with Crippen LogP contribution in [0.3, 0.4) is 0 Å². The number of nitrogens with zero attached hydrogens (tertiary/aromatic N) is 2. The Bertz CT molecular complexity index is 322. The first-order valence-electron chi connectivity index (χ1n) is 6.03. The van der Waals surface area contributed by atoms with Gasteiger partial charge in [-0.2, -0.15) is 5.10 Å². The molecule has 0 atom stereocenters. The Labute approximate surface area is 91.7 Å². The lowest BCUT2D eigenvalue weighted by Crippen LogP contribution is -2.08. The molecule has 0 saturated heterocycles. The summed E-state index contributed by atoms with van der Waals surface area (Å²) in [6.07, 6.45) is 8.55. The zero-order chi connectivity index (χ0) is 10.8. The van der Waals surface area contributed by atoms with Gasteiger partial charge in [0.1, 0.15) is 0 Å². The molecular weight excluding hydrogens is 186 g/mol. The maximum Gasteiger partial charge on any atom is 0.0884 e. The van der Waals surface area contributed by atoms with Crippen LogP contribution in [0.2, 0.25) is 0 Å². The monoisotopic (exact) mass is 207 g/mol. The zero-order valence-corrected chi connectivity index (χ0v) is 9.74. The highest BCUT2D eigenvalue weighted by Crippen LogP contribution is 2.34. The van der Waals surface area contributed by atoms with Crippen molar-refractivity contribution < 1.29 is 0 Å². The molecule has 1 saturated carbocycles. The van der Waals surface area contributed by atoms with E-state index in [-0.39, 0.29) is 0 Å². The number of nitrogen functional groups attached to an aromatic ring is 1. The van der Waals surface area contributed by atoms with E-state index in [2.05, 4.69) is 18.9 Å². The van der Waals surface area contributed by atoms with Gasteiger partial charge in [-0.25, -0.2) is 0 Å². The number of aromatic nitrogens is 2. The topological polar surface area (TPSA) is 43.8 Å². The Morgan fingerprint density at radius 3 is 2.53 bits per heavy atom. The van der Waals surface area contributed by atoms with Crippen LogP contribution in [0.1, 0.15) is 63.6 Å². The molecule has 1 aromatic heterocycles. The van der Waals surface area contributed by atoms with Crippen molar-refractivity contribution in [2.75, 3.05) is 5.73 Å². The maximum absolute atomic E-state index is 6.03. The van der Waals surface area contributed by atoms with Gasteiger partial charge in [-0.15, -0.1) is 0 Å². The number of hydrogen-bond donors (Lipinski definition) is 1. The maximum atomic E-state index is 6.03. The molecule has 0 bridgehead atoms. The van der Waals surface area contributed by atoms with Gasteiger partial charge in [0.25, 0.3) is 0 Å². The highest BCUT2D eigenvalue weighted by atomic mass is 15.3. The Hall–Kier alpha value is -0.990. The van der Waals surface area contributed by atoms with E-state index in [0.29, 0.717) is 12.0 Å². The van der Waals surface area contributed by atoms with Gasteiger partial charge in [-0.05, 0) is 26.7 Å². The fourth-order valence-corrected chi connectivity index (χ4v) is 2.38. The van der Waals surface area contributed by atoms with Crippen LogP contribution in [0.25, 0.3) is 0 Å². The zero-order valence-electron chi connectivity index (χ0n) is 9.74. The molecule has 1 fully saturated rings. The quantitative estimate of drug-likeness (QED) is 0.809. The summed E-state index contributed by atoms with van der Waals surface area (Å²) in [5.41, 5.74) is 8.05. The molecule has 2 rings (SSSR count). The summed E-state index contributed by atoms with van der Waals surface area (Å²) in [7, 11) is 0. The van der Waals surface area contributed by atoms with Crippen molar-refractivity contribution in [1.29, 1.82) is 0 Å². The van der Waals surface area contributed by atoms with Crippen LogP contribution in [0.5, 0.6) is 0 Å². The molecule has 0 unspecified atom stereocenters. The van der Waals surface area contributed by atoms with E-state index >= 15 is 0 Å². The minimum absolute atomic E-state index is 0.407. The molecule has 1 aliphatic carbocycles. The smallest absolute Gasteiger partial charge is 0.0884 e. The third-order valence-corrected chi connectivity index (χ3v) is 3.31. The minimum Gasteiger partial charge on any atom is -0.396 e. The molecule has 15 heavy (non-hydrogen) atoms. The van der Waals surface area contributed by atoms with Crippen molar-refractivity contribution in [2.45, 2.75) is 57.9 Å². The van der Waals surface area contributed by atoms with Crippen molar-refractivity contribution in [3.8, 4) is 0 Å². The molecule has 1 aromatic rings. The number of nitrogens with two attached hydrogens (primary N) is 1. The van der Waals surface area contributed by atoms with Gasteiger partial charge in [0.2, 0.25) is 0 Å². The lowest BCUT2D eigenvalue weighted by atomic mass is 9.86. The summed E-state index contributed by atoms with van der Waals surface area (Å²) in [4.78, 5) is 0. The Balaban J connectivity index is 2.19. The van der Waals surface area contributed by atoms with E-state index in [9.17, 15) is 0 Å². The van der Waals surface area contributed by atoms with Crippen LogP contribution in [0, 0.1) is 0 Å². The van der Waals surface area contributed by atoms with Crippen molar-refractivity contribution in [3.05, 3.63) is 11.9 Å². The first kappa shape index (κ1) is 10.5. The number of rotatable bonds is 2. The summed E-state index contributed by atoms with van der Waals surface area (Å²) in [5.74, 6) is 0.610. The summed E-state index contributed by atoms with van der Waals surface area (Å²) >= 11 is 0. The second-order valence-corrected chi connectivity index (χ2v) is 4.88. The predicted molar refractivity (Wildman–Crippen MR) is 62.9 cm³/mol. The molecule has 1 aliphatic rings. The van der Waals surface area contributed by atoms with Crippen LogP contribution < -0.4 is 5.73 Å². The van der Waals surface area contributed by atoms with E-state index < -0.39 is 0 Å². The van der Waals surface area contributed by atoms with Crippen molar-refractivity contribution in [1.82, 2.24) is 9.78 Å². The van der Waals surface area contributed by atoms with Gasteiger partial charge in [0.15, 0.2) is 0 Å². The van der Waals surface area contributed by atoms with Gasteiger partial charge in [-0.1, -0.05) is 19.3 Å². The molecule has 0 amide bonds. The second kappa shape index (κ2) is 4.25. The van der Waals surface area contributed by atoms with Crippen LogP contribution >= 0.6 is 0 Å². The van der Waals surface area contributed by atoms with Gasteiger partial charge in [0, 0.05) is 18.2 Å². The first-order chi connectivity index (χ1) is 7.18. The first-order valence-corrected chi connectivity index (χ1v) is 6.03. The molecule has 0 radical (unpaired) electrons. The molecule has 2 N–H and O–H groups in total. The Kier molecular flexibility index (Phi) is 2.98. The van der Waals surface area contributed by atoms with Crippen LogP contribution in [0.4, 0.5) is 5.69 Å². The van der Waals surface area contributed by atoms with Gasteiger partial charge >= 0.3 is 0 Å². The number of anilines is 1. The summed E-state index contributed by atoms with van der Waals surface area (Å²) in [6.45, 7) is 4.27. The third-order valence-electron chi connectivity index (χ3n) is 3.31. The van der Waals surface area contributed by atoms with E-state index in [4.69, 9.17) is 5.73 Å². The normalized spacial score (nSPS) is 18.6. The molecule has 84 valence electrons. The molecule has 0 aromatic carbocycles. The average molecular weight is 207 g/mol. The molecule has 0 aliphatic heterocycles. The fourth-order valence-electron chi connectivity index (χ4n) is 2.38. The van der Waals surface area contributed by atoms with Crippen molar-refractivity contribution >= 4 is 5.69 Å². The molecule has 1 heterocycles. The largest absolute Gasteiger partial charge is 0.396 e. The minimum atomic E-state index is 0.407. The molecule has 3 heteroatoms. The van der Waals surface area contributed by atoms with Gasteiger partial charge in [-0.3, -0.25) is 4.68 Å². The molecule has 0 spiro atoms. The fraction of sp³-hybridized carbons (Fsp3) is 0.750. The lowest BCUT2D eigenvalue weighted by Gasteiger charge is -2.20. The molecule has 3 nitrogen and oxygen atoms in total. The van der Waals surface area contributed by atoms with E-state index in [1.165, 1.54) is 32.1 Å². The Morgan fingerprint density at radius 1 is 1.33 bits per heavy atom. The summed E-state index contributed by atoms with van der Waals surface area (Å²) in [6, 6.07) is 0.407. The second-order valence-electron chi connectivity index (χ2n) is 4.88. The van der Waals surface area contributed by atoms with E-state index in [0.717, 1.165) is 11.4 Å². The van der Waals surface area contributed by atoms with Gasteiger partial charge in [0.05, 0.1) is 11.4 Å². The summed E-state index contributed by atoms with van der Waals surface area (Å²) < 4.78 is 1.99. The highest BCUT2D eigenvalue weighted by Gasteiger charge is 2.21. The third kappa shape index (κ3) is 2.16. The summed E-state index contributed by atoms with van der Waals surface area (Å²) in [5, 5.41) is 4.62. The van der Waals surface area contributed by atoms with Crippen molar-refractivity contribution in [2.24, 2.45) is 0 Å². The predicted octanol–water partition coefficient (Wildman–Crippen LogP) is 3.09. The number of hydrogen-bond acceptors (Lipinski definition) is 2. The average Bonchev–Trinajstić information content (AvgIpc) is 2.62. The van der Waals surface area contributed by atoms with E-state index in [1.807, 2.05) is 10.9 Å². The van der Waals surface area contributed by atoms with Crippen LogP contribution in [-0.2, 0) is 0 Å². The van der Waals surface area contributed by atoms with E-state index in [1.54, 1.807) is 0 Å². The van der Waals surface area contributed by atoms with Crippen molar-refractivity contribution in [3.63, 3.8) is 0 Å². The van der Waals surface area contributed by atoms with Gasteiger partial charge < -0.3 is 5.73 Å². The highest BCUT2D eigenvalue weighted by molar-refractivity contribution is 5.43. The molecular formula is C12H21N3. The SMILES string of the molecule is CC(C)n1cc(N)c(C2CCCCC2)n1. The Morgan fingerprint density at radius 2 is 2.00 bits per heavy atom. The standard InChI is InChI=1S/C12H21N3/c1-9(2)15-8-11(13)12(14-15)10-6-4-3-5-7-10/h8-10H,3-7,13H2,1-2H3.